The van der Waals surface area contributed by atoms with Crippen molar-refractivity contribution in [3.8, 4) is 6.07 Å². The maximum Gasteiger partial charge on any atom is 0.276 e. The van der Waals surface area contributed by atoms with Crippen LogP contribution in [0.3, 0.4) is 0 Å². The van der Waals surface area contributed by atoms with Crippen molar-refractivity contribution >= 4 is 23.1 Å². The van der Waals surface area contributed by atoms with E-state index >= 15 is 0 Å². The summed E-state index contributed by atoms with van der Waals surface area (Å²) < 4.78 is 0. The highest BCUT2D eigenvalue weighted by Crippen LogP contribution is 2.20. The first-order valence-corrected chi connectivity index (χ1v) is 8.05. The second kappa shape index (κ2) is 7.45. The van der Waals surface area contributed by atoms with Gasteiger partial charge in [0.05, 0.1) is 11.6 Å². The Morgan fingerprint density at radius 2 is 1.77 bits per heavy atom. The first-order valence-electron chi connectivity index (χ1n) is 8.05. The summed E-state index contributed by atoms with van der Waals surface area (Å²) in [5.74, 6) is 0.203. The first kappa shape index (κ1) is 17.1. The summed E-state index contributed by atoms with van der Waals surface area (Å²) in [5.41, 5.74) is 4.53. The molecule has 0 saturated carbocycles. The number of amides is 1. The molecule has 0 bridgehead atoms. The van der Waals surface area contributed by atoms with Crippen molar-refractivity contribution in [1.29, 1.82) is 5.26 Å². The minimum Gasteiger partial charge on any atom is -0.339 e. The van der Waals surface area contributed by atoms with Crippen LogP contribution in [0.4, 0.5) is 17.2 Å². The van der Waals surface area contributed by atoms with Crippen molar-refractivity contribution in [3.05, 3.63) is 77.0 Å². The number of nitriles is 1. The largest absolute Gasteiger partial charge is 0.339 e. The topological polar surface area (TPSA) is 90.7 Å². The molecular weight excluding hydrogens is 326 g/mol. The maximum atomic E-state index is 12.2. The predicted octanol–water partition coefficient (Wildman–Crippen LogP) is 3.96. The quantitative estimate of drug-likeness (QED) is 0.748. The molecule has 1 heterocycles. The number of benzene rings is 2. The maximum absolute atomic E-state index is 12.2. The van der Waals surface area contributed by atoms with E-state index in [-0.39, 0.29) is 11.6 Å². The molecule has 26 heavy (non-hydrogen) atoms. The molecule has 0 spiro atoms. The van der Waals surface area contributed by atoms with Crippen LogP contribution in [0.25, 0.3) is 0 Å². The van der Waals surface area contributed by atoms with Crippen molar-refractivity contribution in [2.45, 2.75) is 13.8 Å². The molecule has 0 aliphatic heterocycles. The molecule has 0 unspecified atom stereocenters. The van der Waals surface area contributed by atoms with Crippen LogP contribution in [0.15, 0.2) is 54.6 Å². The van der Waals surface area contributed by atoms with Gasteiger partial charge >= 0.3 is 0 Å². The number of hydrogen-bond donors (Lipinski definition) is 2. The van der Waals surface area contributed by atoms with Gasteiger partial charge in [0.25, 0.3) is 5.91 Å². The zero-order valence-electron chi connectivity index (χ0n) is 14.4. The number of anilines is 3. The van der Waals surface area contributed by atoms with Gasteiger partial charge in [-0.3, -0.25) is 4.79 Å². The average Bonchev–Trinajstić information content (AvgIpc) is 2.66. The number of aryl methyl sites for hydroxylation is 2. The van der Waals surface area contributed by atoms with E-state index in [1.165, 1.54) is 0 Å². The third kappa shape index (κ3) is 4.02. The highest BCUT2D eigenvalue weighted by Gasteiger charge is 2.09. The molecule has 0 aliphatic rings. The molecule has 3 rings (SSSR count). The van der Waals surface area contributed by atoms with Crippen molar-refractivity contribution < 1.29 is 4.79 Å². The lowest BCUT2D eigenvalue weighted by Crippen LogP contribution is -2.14. The van der Waals surface area contributed by atoms with Crippen LogP contribution in [0.5, 0.6) is 0 Å². The fourth-order valence-corrected chi connectivity index (χ4v) is 2.35. The van der Waals surface area contributed by atoms with Gasteiger partial charge in [-0.1, -0.05) is 12.1 Å². The number of hydrogen-bond acceptors (Lipinski definition) is 5. The molecule has 2 N–H and O–H groups in total. The molecule has 0 radical (unpaired) electrons. The number of rotatable bonds is 4. The second-order valence-electron chi connectivity index (χ2n) is 5.89. The minimum atomic E-state index is -0.361. The number of carbonyl (C=O) groups is 1. The van der Waals surface area contributed by atoms with E-state index in [1.807, 2.05) is 38.1 Å². The monoisotopic (exact) mass is 343 g/mol. The third-order valence-electron chi connectivity index (χ3n) is 3.82. The normalized spacial score (nSPS) is 10.0. The molecular formula is C20H17N5O. The molecule has 128 valence electrons. The van der Waals surface area contributed by atoms with E-state index in [4.69, 9.17) is 5.26 Å². The molecule has 3 aromatic rings. The van der Waals surface area contributed by atoms with E-state index in [9.17, 15) is 4.79 Å². The Morgan fingerprint density at radius 1 is 1.00 bits per heavy atom. The van der Waals surface area contributed by atoms with Crippen LogP contribution in [-0.4, -0.2) is 16.1 Å². The highest BCUT2D eigenvalue weighted by atomic mass is 16.1. The number of nitrogens with zero attached hydrogens (tertiary/aromatic N) is 3. The van der Waals surface area contributed by atoms with Gasteiger partial charge in [0.2, 0.25) is 0 Å². The fourth-order valence-electron chi connectivity index (χ4n) is 2.35. The van der Waals surface area contributed by atoms with Crippen LogP contribution < -0.4 is 10.6 Å². The lowest BCUT2D eigenvalue weighted by molar-refractivity contribution is 0.102. The molecule has 0 aliphatic carbocycles. The van der Waals surface area contributed by atoms with Gasteiger partial charge in [-0.2, -0.15) is 5.26 Å². The summed E-state index contributed by atoms with van der Waals surface area (Å²) in [6.07, 6.45) is 0. The van der Waals surface area contributed by atoms with Gasteiger partial charge in [0.1, 0.15) is 0 Å². The van der Waals surface area contributed by atoms with Gasteiger partial charge in [0, 0.05) is 11.4 Å². The Balaban J connectivity index is 1.69. The molecule has 6 heteroatoms. The second-order valence-corrected chi connectivity index (χ2v) is 5.89. The Hall–Kier alpha value is -3.72. The average molecular weight is 343 g/mol. The van der Waals surface area contributed by atoms with Crippen molar-refractivity contribution in [2.75, 3.05) is 10.6 Å². The molecule has 0 fully saturated rings. The Morgan fingerprint density at radius 3 is 2.42 bits per heavy atom. The molecule has 0 saturated heterocycles. The molecule has 1 aromatic heterocycles. The summed E-state index contributed by atoms with van der Waals surface area (Å²) in [4.78, 5) is 12.2. The van der Waals surface area contributed by atoms with Crippen LogP contribution in [-0.2, 0) is 0 Å². The van der Waals surface area contributed by atoms with Crippen LogP contribution in [0.2, 0.25) is 0 Å². The van der Waals surface area contributed by atoms with E-state index in [0.717, 1.165) is 16.8 Å². The smallest absolute Gasteiger partial charge is 0.276 e. The van der Waals surface area contributed by atoms with E-state index in [0.29, 0.717) is 17.1 Å². The zero-order valence-corrected chi connectivity index (χ0v) is 14.4. The lowest BCUT2D eigenvalue weighted by atomic mass is 10.1. The molecule has 0 atom stereocenters. The number of aromatic nitrogens is 2. The van der Waals surface area contributed by atoms with Crippen LogP contribution >= 0.6 is 0 Å². The Bertz CT molecular complexity index is 973. The lowest BCUT2D eigenvalue weighted by Gasteiger charge is -2.10. The first-order chi connectivity index (χ1) is 12.5. The van der Waals surface area contributed by atoms with Crippen LogP contribution in [0.1, 0.15) is 27.2 Å². The molecule has 2 aromatic carbocycles. The highest BCUT2D eigenvalue weighted by molar-refractivity contribution is 6.02. The standard InChI is InChI=1S/C20H17N5O/c1-13-3-4-14(2)18(11-13)23-19-10-9-17(24-25-19)20(26)22-16-7-5-15(12-21)6-8-16/h3-11H,1-2H3,(H,22,26)(H,23,25). The molecule has 1 amide bonds. The van der Waals surface area contributed by atoms with E-state index < -0.39 is 0 Å². The number of carbonyl (C=O) groups excluding carboxylic acids is 1. The van der Waals surface area contributed by atoms with Gasteiger partial charge < -0.3 is 10.6 Å². The van der Waals surface area contributed by atoms with Gasteiger partial charge in [-0.15, -0.1) is 10.2 Å². The summed E-state index contributed by atoms with van der Waals surface area (Å²) >= 11 is 0. The van der Waals surface area contributed by atoms with Gasteiger partial charge in [-0.05, 0) is 67.4 Å². The molecule has 6 nitrogen and oxygen atoms in total. The number of nitrogens with one attached hydrogen (secondary N) is 2. The van der Waals surface area contributed by atoms with Crippen molar-refractivity contribution in [3.63, 3.8) is 0 Å². The van der Waals surface area contributed by atoms with Crippen molar-refractivity contribution in [1.82, 2.24) is 10.2 Å². The SMILES string of the molecule is Cc1ccc(C)c(Nc2ccc(C(=O)Nc3ccc(C#N)cc3)nn2)c1. The van der Waals surface area contributed by atoms with Gasteiger partial charge in [0.15, 0.2) is 11.5 Å². The minimum absolute atomic E-state index is 0.209. The third-order valence-corrected chi connectivity index (χ3v) is 3.82. The summed E-state index contributed by atoms with van der Waals surface area (Å²) in [6, 6.07) is 18.1. The van der Waals surface area contributed by atoms with Gasteiger partial charge in [-0.25, -0.2) is 0 Å². The van der Waals surface area contributed by atoms with Crippen LogP contribution in [0, 0.1) is 25.2 Å². The van der Waals surface area contributed by atoms with E-state index in [1.54, 1.807) is 36.4 Å². The Kier molecular flexibility index (Phi) is 4.90. The summed E-state index contributed by atoms with van der Waals surface area (Å²) in [7, 11) is 0. The zero-order chi connectivity index (χ0) is 18.5. The van der Waals surface area contributed by atoms with Crippen molar-refractivity contribution in [2.24, 2.45) is 0 Å². The van der Waals surface area contributed by atoms with E-state index in [2.05, 4.69) is 20.8 Å². The summed E-state index contributed by atoms with van der Waals surface area (Å²) in [5, 5.41) is 22.8. The Labute approximate surface area is 151 Å². The predicted molar refractivity (Wildman–Crippen MR) is 100 cm³/mol. The summed E-state index contributed by atoms with van der Waals surface area (Å²) in [6.45, 7) is 4.03. The fraction of sp³-hybridized carbons (Fsp3) is 0.100.